The molecule has 1 aromatic carbocycles. The first-order valence-electron chi connectivity index (χ1n) is 5.31. The maximum absolute atomic E-state index is 11.9. The number of rotatable bonds is 3. The largest absolute Gasteiger partial charge is 0.463 e. The molecule has 0 fully saturated rings. The second-order valence-corrected chi connectivity index (χ2v) is 4.45. The Morgan fingerprint density at radius 2 is 2.06 bits per heavy atom. The minimum Gasteiger partial charge on any atom is -0.463 e. The van der Waals surface area contributed by atoms with E-state index in [-0.39, 0.29) is 5.91 Å². The van der Waals surface area contributed by atoms with E-state index < -0.39 is 0 Å². The predicted molar refractivity (Wildman–Crippen MR) is 72.5 cm³/mol. The fourth-order valence-corrected chi connectivity index (χ4v) is 1.84. The fraction of sp³-hybridized carbons (Fsp3) is 0.0769. The van der Waals surface area contributed by atoms with Crippen LogP contribution in [-0.2, 0) is 0 Å². The molecule has 92 valence electrons. The zero-order valence-corrected chi connectivity index (χ0v) is 11.3. The van der Waals surface area contributed by atoms with Crippen molar-refractivity contribution in [3.63, 3.8) is 0 Å². The van der Waals surface area contributed by atoms with Crippen molar-refractivity contribution in [3.05, 3.63) is 58.5 Å². The lowest BCUT2D eigenvalue weighted by molar-refractivity contribution is 0.0954. The SMILES string of the molecule is C/C(=N/NC(=O)c1ccccc1Br)c1ccco1. The van der Waals surface area contributed by atoms with E-state index in [1.54, 1.807) is 43.5 Å². The lowest BCUT2D eigenvalue weighted by Gasteiger charge is -2.03. The van der Waals surface area contributed by atoms with Gasteiger partial charge in [-0.2, -0.15) is 5.10 Å². The average Bonchev–Trinajstić information content (AvgIpc) is 2.90. The summed E-state index contributed by atoms with van der Waals surface area (Å²) < 4.78 is 5.90. The zero-order valence-electron chi connectivity index (χ0n) is 9.68. The van der Waals surface area contributed by atoms with Gasteiger partial charge in [0, 0.05) is 4.47 Å². The summed E-state index contributed by atoms with van der Waals surface area (Å²) in [5, 5.41) is 3.99. The number of nitrogens with one attached hydrogen (secondary N) is 1. The number of hydrogen-bond acceptors (Lipinski definition) is 3. The molecule has 0 bridgehead atoms. The summed E-state index contributed by atoms with van der Waals surface area (Å²) in [7, 11) is 0. The van der Waals surface area contributed by atoms with Crippen molar-refractivity contribution in [2.75, 3.05) is 0 Å². The highest BCUT2D eigenvalue weighted by Gasteiger charge is 2.08. The van der Waals surface area contributed by atoms with Crippen molar-refractivity contribution < 1.29 is 9.21 Å². The second kappa shape index (κ2) is 5.64. The Morgan fingerprint density at radius 3 is 2.72 bits per heavy atom. The van der Waals surface area contributed by atoms with E-state index in [0.717, 1.165) is 4.47 Å². The number of hydrogen-bond donors (Lipinski definition) is 1. The number of benzene rings is 1. The molecule has 1 amide bonds. The molecule has 1 heterocycles. The molecule has 0 spiro atoms. The molecule has 0 radical (unpaired) electrons. The highest BCUT2D eigenvalue weighted by atomic mass is 79.9. The van der Waals surface area contributed by atoms with Crippen molar-refractivity contribution >= 4 is 27.5 Å². The van der Waals surface area contributed by atoms with Crippen LogP contribution in [0.15, 0.2) is 56.7 Å². The van der Waals surface area contributed by atoms with Crippen LogP contribution in [0, 0.1) is 0 Å². The number of hydrazone groups is 1. The van der Waals surface area contributed by atoms with Crippen LogP contribution in [-0.4, -0.2) is 11.6 Å². The van der Waals surface area contributed by atoms with E-state index in [1.165, 1.54) is 0 Å². The molecule has 4 nitrogen and oxygen atoms in total. The quantitative estimate of drug-likeness (QED) is 0.699. The van der Waals surface area contributed by atoms with Crippen LogP contribution in [0.4, 0.5) is 0 Å². The predicted octanol–water partition coefficient (Wildman–Crippen LogP) is 3.20. The van der Waals surface area contributed by atoms with E-state index in [1.807, 2.05) is 6.07 Å². The van der Waals surface area contributed by atoms with Crippen molar-refractivity contribution in [2.24, 2.45) is 5.10 Å². The summed E-state index contributed by atoms with van der Waals surface area (Å²) in [4.78, 5) is 11.9. The lowest BCUT2D eigenvalue weighted by Crippen LogP contribution is -2.19. The van der Waals surface area contributed by atoms with Gasteiger partial charge in [0.2, 0.25) is 0 Å². The van der Waals surface area contributed by atoms with Gasteiger partial charge >= 0.3 is 0 Å². The molecule has 5 heteroatoms. The van der Waals surface area contributed by atoms with Crippen molar-refractivity contribution in [3.8, 4) is 0 Å². The second-order valence-electron chi connectivity index (χ2n) is 3.60. The first-order chi connectivity index (χ1) is 8.68. The third-order valence-electron chi connectivity index (χ3n) is 2.32. The number of halogens is 1. The van der Waals surface area contributed by atoms with Crippen LogP contribution < -0.4 is 5.43 Å². The molecule has 0 atom stereocenters. The number of carbonyl (C=O) groups excluding carboxylic acids is 1. The summed E-state index contributed by atoms with van der Waals surface area (Å²) in [5.41, 5.74) is 3.63. The topological polar surface area (TPSA) is 54.6 Å². The summed E-state index contributed by atoms with van der Waals surface area (Å²) in [6.07, 6.45) is 1.56. The van der Waals surface area contributed by atoms with Gasteiger partial charge in [0.1, 0.15) is 11.5 Å². The number of nitrogens with zero attached hydrogens (tertiary/aromatic N) is 1. The third kappa shape index (κ3) is 2.87. The minimum atomic E-state index is -0.270. The van der Waals surface area contributed by atoms with E-state index in [0.29, 0.717) is 17.0 Å². The van der Waals surface area contributed by atoms with Crippen LogP contribution in [0.2, 0.25) is 0 Å². The van der Waals surface area contributed by atoms with E-state index in [4.69, 9.17) is 4.42 Å². The zero-order chi connectivity index (χ0) is 13.0. The van der Waals surface area contributed by atoms with Crippen LogP contribution >= 0.6 is 15.9 Å². The Labute approximate surface area is 113 Å². The first kappa shape index (κ1) is 12.6. The molecule has 0 aliphatic carbocycles. The number of carbonyl (C=O) groups is 1. The molecule has 0 aliphatic rings. The van der Waals surface area contributed by atoms with Crippen LogP contribution in [0.1, 0.15) is 23.0 Å². The average molecular weight is 307 g/mol. The number of amides is 1. The highest BCUT2D eigenvalue weighted by molar-refractivity contribution is 9.10. The first-order valence-corrected chi connectivity index (χ1v) is 6.11. The van der Waals surface area contributed by atoms with Gasteiger partial charge in [-0.1, -0.05) is 12.1 Å². The Hall–Kier alpha value is -1.88. The summed E-state index contributed by atoms with van der Waals surface area (Å²) in [6.45, 7) is 1.76. The van der Waals surface area contributed by atoms with Gasteiger partial charge in [-0.15, -0.1) is 0 Å². The van der Waals surface area contributed by atoms with E-state index in [9.17, 15) is 4.79 Å². The van der Waals surface area contributed by atoms with Crippen LogP contribution in [0.5, 0.6) is 0 Å². The van der Waals surface area contributed by atoms with Crippen molar-refractivity contribution in [1.29, 1.82) is 0 Å². The van der Waals surface area contributed by atoms with Gasteiger partial charge < -0.3 is 4.42 Å². The molecule has 0 saturated heterocycles. The van der Waals surface area contributed by atoms with Gasteiger partial charge in [0.15, 0.2) is 0 Å². The molecule has 1 aromatic heterocycles. The molecular formula is C13H11BrN2O2. The molecule has 18 heavy (non-hydrogen) atoms. The van der Waals surface area contributed by atoms with E-state index in [2.05, 4.69) is 26.5 Å². The van der Waals surface area contributed by atoms with Gasteiger partial charge in [0.05, 0.1) is 11.8 Å². The van der Waals surface area contributed by atoms with Gasteiger partial charge in [0.25, 0.3) is 5.91 Å². The smallest absolute Gasteiger partial charge is 0.272 e. The summed E-state index contributed by atoms with van der Waals surface area (Å²) >= 11 is 3.31. The number of furan rings is 1. The van der Waals surface area contributed by atoms with Gasteiger partial charge in [-0.05, 0) is 47.1 Å². The third-order valence-corrected chi connectivity index (χ3v) is 3.01. The monoisotopic (exact) mass is 306 g/mol. The summed E-state index contributed by atoms with van der Waals surface area (Å²) in [5.74, 6) is 0.357. The molecular weight excluding hydrogens is 296 g/mol. The highest BCUT2D eigenvalue weighted by Crippen LogP contribution is 2.15. The molecule has 0 saturated carbocycles. The maximum Gasteiger partial charge on any atom is 0.272 e. The Bertz CT molecular complexity index is 576. The maximum atomic E-state index is 11.9. The van der Waals surface area contributed by atoms with Crippen molar-refractivity contribution in [2.45, 2.75) is 6.92 Å². The standard InChI is InChI=1S/C13H11BrN2O2/c1-9(12-7-4-8-18-12)15-16-13(17)10-5-2-3-6-11(10)14/h2-8H,1H3,(H,16,17)/b15-9-. The molecule has 0 unspecified atom stereocenters. The molecule has 2 rings (SSSR count). The van der Waals surface area contributed by atoms with E-state index >= 15 is 0 Å². The Kier molecular flexibility index (Phi) is 3.94. The van der Waals surface area contributed by atoms with Gasteiger partial charge in [-0.25, -0.2) is 5.43 Å². The van der Waals surface area contributed by atoms with Gasteiger partial charge in [-0.3, -0.25) is 4.79 Å². The Morgan fingerprint density at radius 1 is 1.28 bits per heavy atom. The van der Waals surface area contributed by atoms with Crippen molar-refractivity contribution in [1.82, 2.24) is 5.43 Å². The lowest BCUT2D eigenvalue weighted by atomic mass is 10.2. The van der Waals surface area contributed by atoms with Crippen LogP contribution in [0.25, 0.3) is 0 Å². The molecule has 1 N–H and O–H groups in total. The van der Waals surface area contributed by atoms with Crippen LogP contribution in [0.3, 0.4) is 0 Å². The normalized spacial score (nSPS) is 11.3. The molecule has 2 aromatic rings. The minimum absolute atomic E-state index is 0.270. The summed E-state index contributed by atoms with van der Waals surface area (Å²) in [6, 6.07) is 10.7. The Balaban J connectivity index is 2.09. The molecule has 0 aliphatic heterocycles. The fourth-order valence-electron chi connectivity index (χ4n) is 1.38.